The fourth-order valence-corrected chi connectivity index (χ4v) is 3.16. The largest absolute Gasteiger partial charge is 0.492 e. The van der Waals surface area contributed by atoms with E-state index in [9.17, 15) is 4.79 Å². The average Bonchev–Trinajstić information content (AvgIpc) is 2.82. The van der Waals surface area contributed by atoms with Crippen molar-refractivity contribution in [2.75, 3.05) is 38.7 Å². The topological polar surface area (TPSA) is 76.6 Å². The minimum atomic E-state index is -0.367. The van der Waals surface area contributed by atoms with Crippen molar-refractivity contribution in [2.24, 2.45) is 0 Å². The molecular formula is C24H28N4O3. The van der Waals surface area contributed by atoms with E-state index in [0.29, 0.717) is 18.0 Å². The van der Waals surface area contributed by atoms with Crippen LogP contribution in [-0.2, 0) is 4.74 Å². The summed E-state index contributed by atoms with van der Waals surface area (Å²) in [5, 5.41) is 3.24. The number of nitrogens with zero attached hydrogens (tertiary/aromatic N) is 3. The number of para-hydroxylation sites is 1. The van der Waals surface area contributed by atoms with Gasteiger partial charge in [-0.3, -0.25) is 0 Å². The molecule has 0 radical (unpaired) electrons. The zero-order valence-corrected chi connectivity index (χ0v) is 18.2. The zero-order chi connectivity index (χ0) is 22.1. The highest BCUT2D eigenvalue weighted by Crippen LogP contribution is 2.29. The molecule has 0 saturated carbocycles. The van der Waals surface area contributed by atoms with E-state index < -0.39 is 0 Å². The summed E-state index contributed by atoms with van der Waals surface area (Å²) in [7, 11) is 1.36. The van der Waals surface area contributed by atoms with Gasteiger partial charge in [-0.1, -0.05) is 26.0 Å². The third kappa shape index (κ3) is 6.02. The fourth-order valence-electron chi connectivity index (χ4n) is 3.16. The summed E-state index contributed by atoms with van der Waals surface area (Å²) in [4.78, 5) is 22.6. The number of carbonyl (C=O) groups is 1. The van der Waals surface area contributed by atoms with Gasteiger partial charge in [0.25, 0.3) is 0 Å². The number of methoxy groups -OCH3 is 1. The molecule has 0 spiro atoms. The Kier molecular flexibility index (Phi) is 7.95. The molecule has 0 unspecified atom stereocenters. The van der Waals surface area contributed by atoms with Crippen molar-refractivity contribution in [3.8, 4) is 17.0 Å². The van der Waals surface area contributed by atoms with Gasteiger partial charge < -0.3 is 19.7 Å². The molecule has 0 aliphatic heterocycles. The van der Waals surface area contributed by atoms with E-state index in [4.69, 9.17) is 9.47 Å². The summed E-state index contributed by atoms with van der Waals surface area (Å²) in [5.74, 6) is 1.07. The Balaban J connectivity index is 1.73. The van der Waals surface area contributed by atoms with Gasteiger partial charge in [-0.2, -0.15) is 0 Å². The van der Waals surface area contributed by atoms with E-state index in [1.807, 2.05) is 30.3 Å². The van der Waals surface area contributed by atoms with Crippen LogP contribution in [0.25, 0.3) is 11.3 Å². The predicted octanol–water partition coefficient (Wildman–Crippen LogP) is 4.39. The Morgan fingerprint density at radius 2 is 1.77 bits per heavy atom. The Bertz CT molecular complexity index is 988. The van der Waals surface area contributed by atoms with Crippen molar-refractivity contribution in [2.45, 2.75) is 13.8 Å². The predicted molar refractivity (Wildman–Crippen MR) is 122 cm³/mol. The highest BCUT2D eigenvalue weighted by Gasteiger charge is 2.10. The Labute approximate surface area is 183 Å². The molecule has 1 N–H and O–H groups in total. The molecule has 2 aromatic carbocycles. The van der Waals surface area contributed by atoms with Crippen LogP contribution >= 0.6 is 0 Å². The Morgan fingerprint density at radius 3 is 2.48 bits per heavy atom. The maximum absolute atomic E-state index is 11.6. The molecule has 0 aliphatic carbocycles. The number of hydrogen-bond donors (Lipinski definition) is 1. The lowest BCUT2D eigenvalue weighted by molar-refractivity contribution is 0.0601. The van der Waals surface area contributed by atoms with Crippen LogP contribution in [0, 0.1) is 0 Å². The van der Waals surface area contributed by atoms with Crippen molar-refractivity contribution >= 4 is 17.5 Å². The molecule has 0 amide bonds. The van der Waals surface area contributed by atoms with E-state index in [2.05, 4.69) is 34.0 Å². The van der Waals surface area contributed by atoms with Crippen molar-refractivity contribution in [3.05, 3.63) is 66.5 Å². The quantitative estimate of drug-likeness (QED) is 0.487. The second-order valence-corrected chi connectivity index (χ2v) is 6.85. The molecule has 0 saturated heterocycles. The molecule has 31 heavy (non-hydrogen) atoms. The van der Waals surface area contributed by atoms with Gasteiger partial charge in [-0.15, -0.1) is 0 Å². The zero-order valence-electron chi connectivity index (χ0n) is 18.2. The van der Waals surface area contributed by atoms with Gasteiger partial charge >= 0.3 is 5.97 Å². The average molecular weight is 421 g/mol. The third-order valence-electron chi connectivity index (χ3n) is 4.97. The number of anilines is 2. The van der Waals surface area contributed by atoms with E-state index in [1.54, 1.807) is 24.3 Å². The molecule has 1 heterocycles. The number of rotatable bonds is 10. The molecular weight excluding hydrogens is 392 g/mol. The summed E-state index contributed by atoms with van der Waals surface area (Å²) in [6.45, 7) is 7.79. The Morgan fingerprint density at radius 1 is 1.03 bits per heavy atom. The molecule has 0 aliphatic rings. The molecule has 3 rings (SSSR count). The second kappa shape index (κ2) is 11.1. The summed E-state index contributed by atoms with van der Waals surface area (Å²) in [6, 6.07) is 16.8. The van der Waals surface area contributed by atoms with Gasteiger partial charge in [0.05, 0.1) is 18.4 Å². The van der Waals surface area contributed by atoms with E-state index >= 15 is 0 Å². The van der Waals surface area contributed by atoms with Gasteiger partial charge in [-0.25, -0.2) is 14.8 Å². The maximum Gasteiger partial charge on any atom is 0.337 e. The summed E-state index contributed by atoms with van der Waals surface area (Å²) in [5.41, 5.74) is 2.98. The van der Waals surface area contributed by atoms with Crippen LogP contribution in [0.5, 0.6) is 5.75 Å². The molecule has 3 aromatic rings. The van der Waals surface area contributed by atoms with Crippen LogP contribution in [0.1, 0.15) is 24.2 Å². The number of ether oxygens (including phenoxy) is 2. The van der Waals surface area contributed by atoms with Gasteiger partial charge in [0.1, 0.15) is 24.5 Å². The minimum Gasteiger partial charge on any atom is -0.492 e. The van der Waals surface area contributed by atoms with Crippen LogP contribution in [0.15, 0.2) is 60.9 Å². The molecule has 1 aromatic heterocycles. The molecule has 162 valence electrons. The standard InChI is InChI=1S/C24H28N4O3/c1-4-28(5-2)14-15-31-22-9-7-6-8-20(22)21-16-23(26-17-25-21)27-19-12-10-18(11-13-19)24(29)30-3/h6-13,16-17H,4-5,14-15H2,1-3H3,(H,25,26,27). The van der Waals surface area contributed by atoms with Crippen LogP contribution in [0.3, 0.4) is 0 Å². The number of carbonyl (C=O) groups excluding carboxylic acids is 1. The van der Waals surface area contributed by atoms with Crippen LogP contribution < -0.4 is 10.1 Å². The fraction of sp³-hybridized carbons (Fsp3) is 0.292. The summed E-state index contributed by atoms with van der Waals surface area (Å²) >= 11 is 0. The Hall–Kier alpha value is -3.45. The van der Waals surface area contributed by atoms with Crippen molar-refractivity contribution in [3.63, 3.8) is 0 Å². The van der Waals surface area contributed by atoms with Gasteiger partial charge in [0, 0.05) is 23.9 Å². The minimum absolute atomic E-state index is 0.367. The van der Waals surface area contributed by atoms with E-state index in [0.717, 1.165) is 42.3 Å². The lowest BCUT2D eigenvalue weighted by Crippen LogP contribution is -2.27. The molecule has 0 atom stereocenters. The van der Waals surface area contributed by atoms with Gasteiger partial charge in [-0.05, 0) is 49.5 Å². The van der Waals surface area contributed by atoms with Crippen molar-refractivity contribution in [1.82, 2.24) is 14.9 Å². The monoisotopic (exact) mass is 420 g/mol. The summed E-state index contributed by atoms with van der Waals surface area (Å²) < 4.78 is 10.8. The first-order valence-electron chi connectivity index (χ1n) is 10.4. The lowest BCUT2D eigenvalue weighted by Gasteiger charge is -2.19. The molecule has 0 bridgehead atoms. The highest BCUT2D eigenvalue weighted by molar-refractivity contribution is 5.89. The number of nitrogens with one attached hydrogen (secondary N) is 1. The van der Waals surface area contributed by atoms with Crippen molar-refractivity contribution in [1.29, 1.82) is 0 Å². The second-order valence-electron chi connectivity index (χ2n) is 6.85. The lowest BCUT2D eigenvalue weighted by atomic mass is 10.1. The van der Waals surface area contributed by atoms with Gasteiger partial charge in [0.2, 0.25) is 0 Å². The smallest absolute Gasteiger partial charge is 0.337 e. The number of likely N-dealkylation sites (N-methyl/N-ethyl adjacent to an activating group) is 1. The molecule has 7 heteroatoms. The summed E-state index contributed by atoms with van der Waals surface area (Å²) in [6.07, 6.45) is 1.52. The number of esters is 1. The first-order valence-corrected chi connectivity index (χ1v) is 10.4. The first-order chi connectivity index (χ1) is 15.1. The number of benzene rings is 2. The van der Waals surface area contributed by atoms with Crippen LogP contribution in [0.4, 0.5) is 11.5 Å². The molecule has 0 fully saturated rings. The highest BCUT2D eigenvalue weighted by atomic mass is 16.5. The number of aromatic nitrogens is 2. The van der Waals surface area contributed by atoms with Gasteiger partial charge in [0.15, 0.2) is 0 Å². The first kappa shape index (κ1) is 22.2. The maximum atomic E-state index is 11.6. The third-order valence-corrected chi connectivity index (χ3v) is 4.97. The van der Waals surface area contributed by atoms with Crippen molar-refractivity contribution < 1.29 is 14.3 Å². The normalized spacial score (nSPS) is 10.7. The van der Waals surface area contributed by atoms with Crippen LogP contribution in [-0.4, -0.2) is 54.2 Å². The molecule has 7 nitrogen and oxygen atoms in total. The van der Waals surface area contributed by atoms with E-state index in [1.165, 1.54) is 13.4 Å². The SMILES string of the molecule is CCN(CC)CCOc1ccccc1-c1cc(Nc2ccc(C(=O)OC)cc2)ncn1. The number of hydrogen-bond acceptors (Lipinski definition) is 7. The van der Waals surface area contributed by atoms with E-state index in [-0.39, 0.29) is 5.97 Å². The van der Waals surface area contributed by atoms with Crippen LogP contribution in [0.2, 0.25) is 0 Å².